The average Bonchev–Trinajstić information content (AvgIpc) is 3.29. The van der Waals surface area contributed by atoms with Gasteiger partial charge >= 0.3 is 6.03 Å². The highest BCUT2D eigenvalue weighted by Gasteiger charge is 2.21. The van der Waals surface area contributed by atoms with Crippen molar-refractivity contribution in [3.63, 3.8) is 0 Å². The topological polar surface area (TPSA) is 129 Å². The first-order chi connectivity index (χ1) is 15.6. The van der Waals surface area contributed by atoms with Gasteiger partial charge in [-0.3, -0.25) is 10.1 Å². The highest BCUT2D eigenvalue weighted by molar-refractivity contribution is 7.99. The fraction of sp³-hybridized carbons (Fsp3) is 0.250. The van der Waals surface area contributed by atoms with Crippen LogP contribution in [0.1, 0.15) is 0 Å². The van der Waals surface area contributed by atoms with Gasteiger partial charge in [0.1, 0.15) is 18.0 Å². The van der Waals surface area contributed by atoms with E-state index < -0.39 is 11.9 Å². The van der Waals surface area contributed by atoms with Crippen molar-refractivity contribution in [1.82, 2.24) is 30.8 Å². The second-order valence-corrected chi connectivity index (χ2v) is 7.53. The van der Waals surface area contributed by atoms with Gasteiger partial charge in [0.2, 0.25) is 11.1 Å². The molecule has 2 heterocycles. The lowest BCUT2D eigenvalue weighted by atomic mass is 10.2. The summed E-state index contributed by atoms with van der Waals surface area (Å²) in [7, 11) is 1.55. The number of carbonyl (C=O) groups is 2. The van der Waals surface area contributed by atoms with Gasteiger partial charge in [0.25, 0.3) is 0 Å². The van der Waals surface area contributed by atoms with E-state index in [0.717, 1.165) is 11.8 Å². The van der Waals surface area contributed by atoms with Crippen molar-refractivity contribution >= 4 is 23.7 Å². The SMILES string of the molecule is COc1ccccc1-n1nnnc1SCC(=O)NC(=O)NCC1COc2ccccc2O1. The third-order valence-corrected chi connectivity index (χ3v) is 5.32. The molecule has 11 nitrogen and oxygen atoms in total. The third-order valence-electron chi connectivity index (χ3n) is 4.40. The van der Waals surface area contributed by atoms with Crippen LogP contribution in [0.5, 0.6) is 17.2 Å². The van der Waals surface area contributed by atoms with Gasteiger partial charge in [0.15, 0.2) is 17.6 Å². The Hall–Kier alpha value is -3.80. The van der Waals surface area contributed by atoms with Gasteiger partial charge in [-0.1, -0.05) is 36.0 Å². The smallest absolute Gasteiger partial charge is 0.321 e. The number of amides is 3. The summed E-state index contributed by atoms with van der Waals surface area (Å²) in [6.07, 6.45) is -0.356. The first kappa shape index (κ1) is 21.4. The number of hydrogen-bond donors (Lipinski definition) is 2. The molecule has 1 aliphatic rings. The van der Waals surface area contributed by atoms with Crippen LogP contribution in [-0.4, -0.2) is 64.3 Å². The van der Waals surface area contributed by atoms with Crippen LogP contribution in [0, 0.1) is 0 Å². The number of urea groups is 1. The number of nitrogens with zero attached hydrogens (tertiary/aromatic N) is 4. The highest BCUT2D eigenvalue weighted by Crippen LogP contribution is 2.30. The van der Waals surface area contributed by atoms with Crippen molar-refractivity contribution in [3.8, 4) is 22.9 Å². The van der Waals surface area contributed by atoms with Gasteiger partial charge < -0.3 is 19.5 Å². The number of nitrogens with one attached hydrogen (secondary N) is 2. The number of imide groups is 1. The minimum absolute atomic E-state index is 0.0562. The van der Waals surface area contributed by atoms with Crippen LogP contribution in [0.15, 0.2) is 53.7 Å². The summed E-state index contributed by atoms with van der Waals surface area (Å²) in [5, 5.41) is 16.8. The molecule has 1 aliphatic heterocycles. The summed E-state index contributed by atoms with van der Waals surface area (Å²) in [6, 6.07) is 13.9. The Bertz CT molecular complexity index is 1110. The monoisotopic (exact) mass is 456 g/mol. The van der Waals surface area contributed by atoms with E-state index in [2.05, 4.69) is 26.2 Å². The normalized spacial score (nSPS) is 14.5. The second kappa shape index (κ2) is 10.0. The second-order valence-electron chi connectivity index (χ2n) is 6.59. The molecule has 0 spiro atoms. The quantitative estimate of drug-likeness (QED) is 0.507. The zero-order chi connectivity index (χ0) is 22.3. The predicted octanol–water partition coefficient (Wildman–Crippen LogP) is 1.43. The maximum Gasteiger partial charge on any atom is 0.321 e. The first-order valence-electron chi connectivity index (χ1n) is 9.65. The number of fused-ring (bicyclic) bond motifs is 1. The van der Waals surface area contributed by atoms with E-state index in [-0.39, 0.29) is 18.4 Å². The average molecular weight is 456 g/mol. The van der Waals surface area contributed by atoms with Crippen molar-refractivity contribution in [2.45, 2.75) is 11.3 Å². The van der Waals surface area contributed by atoms with Crippen LogP contribution < -0.4 is 24.8 Å². The predicted molar refractivity (Wildman–Crippen MR) is 114 cm³/mol. The van der Waals surface area contributed by atoms with Crippen LogP contribution in [0.25, 0.3) is 5.69 Å². The molecule has 0 fully saturated rings. The Labute approximate surface area is 187 Å². The molecule has 1 atom stereocenters. The molecule has 1 aromatic heterocycles. The lowest BCUT2D eigenvalue weighted by molar-refractivity contribution is -0.117. The number of aromatic nitrogens is 4. The number of carbonyl (C=O) groups excluding carboxylic acids is 2. The summed E-state index contributed by atoms with van der Waals surface area (Å²) in [5.74, 6) is 1.32. The zero-order valence-corrected chi connectivity index (χ0v) is 17.9. The van der Waals surface area contributed by atoms with E-state index in [4.69, 9.17) is 14.2 Å². The summed E-state index contributed by atoms with van der Waals surface area (Å²) >= 11 is 1.09. The molecule has 166 valence electrons. The molecule has 0 radical (unpaired) electrons. The lowest BCUT2D eigenvalue weighted by Crippen LogP contribution is -2.46. The summed E-state index contributed by atoms with van der Waals surface area (Å²) in [6.45, 7) is 0.485. The molecule has 2 N–H and O–H groups in total. The molecule has 32 heavy (non-hydrogen) atoms. The fourth-order valence-electron chi connectivity index (χ4n) is 2.93. The van der Waals surface area contributed by atoms with Gasteiger partial charge in [-0.2, -0.15) is 4.68 Å². The third kappa shape index (κ3) is 5.09. The standard InChI is InChI=1S/C20H20N6O5S/c1-29-15-7-3-2-6-14(15)26-20(23-24-25-26)32-12-18(27)22-19(28)21-10-13-11-30-16-8-4-5-9-17(16)31-13/h2-9,13H,10-12H2,1H3,(H2,21,22,27,28). The summed E-state index contributed by atoms with van der Waals surface area (Å²) < 4.78 is 18.2. The van der Waals surface area contributed by atoms with Gasteiger partial charge in [-0.25, -0.2) is 4.79 Å². The van der Waals surface area contributed by atoms with Crippen LogP contribution >= 0.6 is 11.8 Å². The van der Waals surface area contributed by atoms with Crippen LogP contribution in [-0.2, 0) is 4.79 Å². The molecule has 12 heteroatoms. The zero-order valence-electron chi connectivity index (χ0n) is 17.1. The van der Waals surface area contributed by atoms with Gasteiger partial charge in [-0.05, 0) is 34.7 Å². The van der Waals surface area contributed by atoms with Crippen LogP contribution in [0.2, 0.25) is 0 Å². The number of para-hydroxylation sites is 4. The minimum atomic E-state index is -0.623. The number of tetrazole rings is 1. The molecular weight excluding hydrogens is 436 g/mol. The lowest BCUT2D eigenvalue weighted by Gasteiger charge is -2.26. The van der Waals surface area contributed by atoms with Crippen molar-refractivity contribution in [1.29, 1.82) is 0 Å². The van der Waals surface area contributed by atoms with Crippen molar-refractivity contribution in [2.75, 3.05) is 26.0 Å². The number of benzene rings is 2. The number of thioether (sulfide) groups is 1. The Balaban J connectivity index is 1.25. The number of hydrogen-bond acceptors (Lipinski definition) is 9. The van der Waals surface area contributed by atoms with Crippen molar-refractivity contribution in [2.24, 2.45) is 0 Å². The van der Waals surface area contributed by atoms with E-state index in [0.29, 0.717) is 34.7 Å². The van der Waals surface area contributed by atoms with Gasteiger partial charge in [0, 0.05) is 0 Å². The van der Waals surface area contributed by atoms with Crippen LogP contribution in [0.3, 0.4) is 0 Å². The van der Waals surface area contributed by atoms with E-state index in [1.54, 1.807) is 25.3 Å². The van der Waals surface area contributed by atoms with Gasteiger partial charge in [0.05, 0.1) is 19.4 Å². The maximum atomic E-state index is 12.2. The number of methoxy groups -OCH3 is 1. The van der Waals surface area contributed by atoms with E-state index in [1.165, 1.54) is 4.68 Å². The van der Waals surface area contributed by atoms with E-state index in [1.807, 2.05) is 30.3 Å². The van der Waals surface area contributed by atoms with Crippen molar-refractivity contribution < 1.29 is 23.8 Å². The molecule has 0 bridgehead atoms. The van der Waals surface area contributed by atoms with E-state index in [9.17, 15) is 9.59 Å². The van der Waals surface area contributed by atoms with Crippen molar-refractivity contribution in [3.05, 3.63) is 48.5 Å². The maximum absolute atomic E-state index is 12.2. The number of ether oxygens (including phenoxy) is 3. The molecule has 0 aliphatic carbocycles. The molecule has 4 rings (SSSR count). The fourth-order valence-corrected chi connectivity index (χ4v) is 3.62. The Kier molecular flexibility index (Phi) is 6.70. The largest absolute Gasteiger partial charge is 0.494 e. The highest BCUT2D eigenvalue weighted by atomic mass is 32.2. The molecule has 0 saturated heterocycles. The number of rotatable bonds is 7. The molecule has 3 aromatic rings. The molecule has 1 unspecified atom stereocenters. The Morgan fingerprint density at radius 1 is 1.19 bits per heavy atom. The Morgan fingerprint density at radius 3 is 2.81 bits per heavy atom. The van der Waals surface area contributed by atoms with Gasteiger partial charge in [-0.15, -0.1) is 5.10 Å². The molecule has 2 aromatic carbocycles. The summed E-state index contributed by atoms with van der Waals surface area (Å²) in [5.41, 5.74) is 0.636. The van der Waals surface area contributed by atoms with Crippen LogP contribution in [0.4, 0.5) is 4.79 Å². The van der Waals surface area contributed by atoms with E-state index >= 15 is 0 Å². The molecule has 3 amide bonds. The minimum Gasteiger partial charge on any atom is -0.494 e. The first-order valence-corrected chi connectivity index (χ1v) is 10.6. The summed E-state index contributed by atoms with van der Waals surface area (Å²) in [4.78, 5) is 24.2. The molecular formula is C20H20N6O5S. The molecule has 0 saturated carbocycles. The Morgan fingerprint density at radius 2 is 1.97 bits per heavy atom.